The largest absolute Gasteiger partial charge is 0.477 e. The third-order valence-electron chi connectivity index (χ3n) is 2.32. The number of rotatable bonds is 2. The van der Waals surface area contributed by atoms with E-state index >= 15 is 0 Å². The van der Waals surface area contributed by atoms with Crippen LogP contribution in [0.15, 0.2) is 30.6 Å². The van der Waals surface area contributed by atoms with Crippen molar-refractivity contribution in [1.82, 2.24) is 9.55 Å². The van der Waals surface area contributed by atoms with Gasteiger partial charge in [0.25, 0.3) is 0 Å². The summed E-state index contributed by atoms with van der Waals surface area (Å²) in [6.45, 7) is 0. The third kappa shape index (κ3) is 2.70. The molecule has 0 aliphatic carbocycles. The van der Waals surface area contributed by atoms with Gasteiger partial charge in [-0.25, -0.2) is 9.78 Å². The van der Waals surface area contributed by atoms with Crippen LogP contribution in [0.3, 0.4) is 0 Å². The number of carbonyl (C=O) groups is 1. The van der Waals surface area contributed by atoms with Crippen molar-refractivity contribution in [2.24, 2.45) is 0 Å². The topological polar surface area (TPSA) is 55.1 Å². The molecule has 19 heavy (non-hydrogen) atoms. The van der Waals surface area contributed by atoms with Crippen molar-refractivity contribution in [3.8, 4) is 5.69 Å². The van der Waals surface area contributed by atoms with Crippen molar-refractivity contribution in [1.29, 1.82) is 0 Å². The number of hydrogen-bond donors (Lipinski definition) is 1. The summed E-state index contributed by atoms with van der Waals surface area (Å²) in [6, 6.07) is 3.09. The zero-order valence-corrected chi connectivity index (χ0v) is 9.90. The molecule has 0 radical (unpaired) electrons. The maximum absolute atomic E-state index is 12.3. The van der Waals surface area contributed by atoms with Gasteiger partial charge in [-0.15, -0.1) is 0 Å². The van der Waals surface area contributed by atoms with E-state index in [1.165, 1.54) is 12.3 Å². The second-order valence-corrected chi connectivity index (χ2v) is 4.05. The van der Waals surface area contributed by atoms with E-state index in [1.54, 1.807) is 0 Å². The van der Waals surface area contributed by atoms with Crippen LogP contribution in [0.5, 0.6) is 0 Å². The number of carboxylic acid groups (broad SMARTS) is 1. The Hall–Kier alpha value is -2.02. The Morgan fingerprint density at radius 2 is 2.05 bits per heavy atom. The van der Waals surface area contributed by atoms with E-state index in [1.807, 2.05) is 0 Å². The van der Waals surface area contributed by atoms with Crippen molar-refractivity contribution in [2.75, 3.05) is 0 Å². The minimum Gasteiger partial charge on any atom is -0.477 e. The summed E-state index contributed by atoms with van der Waals surface area (Å²) in [7, 11) is 0. The van der Waals surface area contributed by atoms with Gasteiger partial charge in [0.1, 0.15) is 11.4 Å². The average molecular weight is 291 g/mol. The van der Waals surface area contributed by atoms with E-state index in [0.717, 1.165) is 22.9 Å². The van der Waals surface area contributed by atoms with Gasteiger partial charge < -0.3 is 9.67 Å². The lowest BCUT2D eigenvalue weighted by molar-refractivity contribution is -0.141. The molecule has 0 amide bonds. The fourth-order valence-electron chi connectivity index (χ4n) is 1.50. The molecule has 2 rings (SSSR count). The van der Waals surface area contributed by atoms with Gasteiger partial charge in [0.05, 0.1) is 16.9 Å². The van der Waals surface area contributed by atoms with Gasteiger partial charge in [0.2, 0.25) is 0 Å². The standard InChI is InChI=1S/C11H6ClF3N2O2/c12-6-3-8(10(18)19)17(5-6)7-1-2-9(16-4-7)11(13,14)15/h1-5H,(H,18,19). The first-order valence-electron chi connectivity index (χ1n) is 4.94. The lowest BCUT2D eigenvalue weighted by atomic mass is 10.3. The highest BCUT2D eigenvalue weighted by Gasteiger charge is 2.32. The van der Waals surface area contributed by atoms with Crippen LogP contribution in [-0.2, 0) is 6.18 Å². The fraction of sp³-hybridized carbons (Fsp3) is 0.0909. The Morgan fingerprint density at radius 1 is 1.37 bits per heavy atom. The molecular formula is C11H6ClF3N2O2. The first-order valence-corrected chi connectivity index (χ1v) is 5.31. The molecular weight excluding hydrogens is 285 g/mol. The van der Waals surface area contributed by atoms with Crippen LogP contribution in [0.1, 0.15) is 16.2 Å². The highest BCUT2D eigenvalue weighted by atomic mass is 35.5. The number of aromatic nitrogens is 2. The Balaban J connectivity index is 2.46. The predicted molar refractivity (Wildman–Crippen MR) is 60.5 cm³/mol. The second kappa shape index (κ2) is 4.58. The van der Waals surface area contributed by atoms with E-state index in [-0.39, 0.29) is 16.4 Å². The van der Waals surface area contributed by atoms with Crippen molar-refractivity contribution in [3.05, 3.63) is 47.0 Å². The molecule has 0 spiro atoms. The van der Waals surface area contributed by atoms with E-state index in [4.69, 9.17) is 16.7 Å². The van der Waals surface area contributed by atoms with Crippen LogP contribution >= 0.6 is 11.6 Å². The van der Waals surface area contributed by atoms with Gasteiger partial charge in [-0.05, 0) is 18.2 Å². The summed E-state index contributed by atoms with van der Waals surface area (Å²) in [5.74, 6) is -1.24. The molecule has 0 bridgehead atoms. The Kier molecular flexibility index (Phi) is 3.23. The zero-order valence-electron chi connectivity index (χ0n) is 9.15. The molecule has 8 heteroatoms. The highest BCUT2D eigenvalue weighted by Crippen LogP contribution is 2.28. The molecule has 100 valence electrons. The smallest absolute Gasteiger partial charge is 0.433 e. The number of alkyl halides is 3. The molecule has 0 fully saturated rings. The van der Waals surface area contributed by atoms with E-state index < -0.39 is 17.8 Å². The molecule has 4 nitrogen and oxygen atoms in total. The average Bonchev–Trinajstić information content (AvgIpc) is 2.70. The minimum atomic E-state index is -4.54. The van der Waals surface area contributed by atoms with Gasteiger partial charge in [-0.2, -0.15) is 13.2 Å². The van der Waals surface area contributed by atoms with E-state index in [0.29, 0.717) is 0 Å². The highest BCUT2D eigenvalue weighted by molar-refractivity contribution is 6.31. The maximum Gasteiger partial charge on any atom is 0.433 e. The first kappa shape index (κ1) is 13.4. The summed E-state index contributed by atoms with van der Waals surface area (Å²) >= 11 is 5.68. The second-order valence-electron chi connectivity index (χ2n) is 3.62. The van der Waals surface area contributed by atoms with Crippen LogP contribution < -0.4 is 0 Å². The van der Waals surface area contributed by atoms with Crippen LogP contribution in [0.4, 0.5) is 13.2 Å². The Bertz CT molecular complexity index is 620. The summed E-state index contributed by atoms with van der Waals surface area (Å²) < 4.78 is 38.2. The molecule has 2 aromatic heterocycles. The number of halogens is 4. The fourth-order valence-corrected chi connectivity index (χ4v) is 1.71. The molecule has 2 aromatic rings. The van der Waals surface area contributed by atoms with Gasteiger partial charge in [-0.3, -0.25) is 0 Å². The molecule has 0 atom stereocenters. The van der Waals surface area contributed by atoms with Crippen molar-refractivity contribution < 1.29 is 23.1 Å². The van der Waals surface area contributed by atoms with Crippen molar-refractivity contribution >= 4 is 17.6 Å². The normalized spacial score (nSPS) is 11.6. The molecule has 0 saturated carbocycles. The van der Waals surface area contributed by atoms with Crippen molar-refractivity contribution in [3.63, 3.8) is 0 Å². The maximum atomic E-state index is 12.3. The zero-order chi connectivity index (χ0) is 14.2. The molecule has 0 unspecified atom stereocenters. The Morgan fingerprint density at radius 3 is 2.53 bits per heavy atom. The molecule has 2 heterocycles. The van der Waals surface area contributed by atoms with Gasteiger partial charge >= 0.3 is 12.1 Å². The van der Waals surface area contributed by atoms with Gasteiger partial charge in [-0.1, -0.05) is 11.6 Å². The number of nitrogens with zero attached hydrogens (tertiary/aromatic N) is 2. The molecule has 0 aliphatic heterocycles. The SMILES string of the molecule is O=C(O)c1cc(Cl)cn1-c1ccc(C(F)(F)F)nc1. The lowest BCUT2D eigenvalue weighted by Crippen LogP contribution is -2.10. The quantitative estimate of drug-likeness (QED) is 0.924. The van der Waals surface area contributed by atoms with E-state index in [2.05, 4.69) is 4.98 Å². The molecule has 1 N–H and O–H groups in total. The third-order valence-corrected chi connectivity index (χ3v) is 2.53. The predicted octanol–water partition coefficient (Wildman–Crippen LogP) is 3.24. The minimum absolute atomic E-state index is 0.161. The molecule has 0 aromatic carbocycles. The van der Waals surface area contributed by atoms with Gasteiger partial charge in [0, 0.05) is 6.20 Å². The molecule has 0 saturated heterocycles. The van der Waals surface area contributed by atoms with Gasteiger partial charge in [0.15, 0.2) is 0 Å². The summed E-state index contributed by atoms with van der Waals surface area (Å²) in [4.78, 5) is 14.2. The number of aromatic carboxylic acids is 1. The number of carboxylic acids is 1. The van der Waals surface area contributed by atoms with Crippen LogP contribution in [0, 0.1) is 0 Å². The summed E-state index contributed by atoms with van der Waals surface area (Å²) in [5, 5.41) is 9.11. The Labute approximate surface area is 110 Å². The molecule has 0 aliphatic rings. The first-order chi connectivity index (χ1) is 8.79. The van der Waals surface area contributed by atoms with Crippen LogP contribution in [-0.4, -0.2) is 20.6 Å². The monoisotopic (exact) mass is 290 g/mol. The number of pyridine rings is 1. The lowest BCUT2D eigenvalue weighted by Gasteiger charge is -2.08. The summed E-state index contributed by atoms with van der Waals surface area (Å²) in [6.07, 6.45) is -2.32. The van der Waals surface area contributed by atoms with Crippen LogP contribution in [0.25, 0.3) is 5.69 Å². The van der Waals surface area contributed by atoms with E-state index in [9.17, 15) is 18.0 Å². The summed E-state index contributed by atoms with van der Waals surface area (Å²) in [5.41, 5.74) is -1.03. The van der Waals surface area contributed by atoms with Crippen LogP contribution in [0.2, 0.25) is 5.02 Å². The number of hydrogen-bond acceptors (Lipinski definition) is 2. The van der Waals surface area contributed by atoms with Crippen molar-refractivity contribution in [2.45, 2.75) is 6.18 Å².